The number of hydrogen-bond acceptors (Lipinski definition) is 4. The van der Waals surface area contributed by atoms with Crippen LogP contribution in [0.4, 0.5) is 4.39 Å². The minimum Gasteiger partial charge on any atom is -0.366 e. The van der Waals surface area contributed by atoms with Gasteiger partial charge in [-0.15, -0.1) is 12.4 Å². The topological polar surface area (TPSA) is 61.9 Å². The van der Waals surface area contributed by atoms with Gasteiger partial charge >= 0.3 is 0 Å². The van der Waals surface area contributed by atoms with Crippen molar-refractivity contribution in [1.29, 1.82) is 0 Å². The fourth-order valence-corrected chi connectivity index (χ4v) is 3.05. The van der Waals surface area contributed by atoms with Crippen molar-refractivity contribution in [2.45, 2.75) is 6.10 Å². The second-order valence-corrected chi connectivity index (χ2v) is 6.24. The van der Waals surface area contributed by atoms with Gasteiger partial charge in [0.15, 0.2) is 0 Å². The molecule has 1 aromatic rings. The van der Waals surface area contributed by atoms with E-state index >= 15 is 0 Å². The van der Waals surface area contributed by atoms with E-state index in [2.05, 4.69) is 5.32 Å². The average molecular weight is 392 g/mol. The van der Waals surface area contributed by atoms with Crippen LogP contribution in [0.15, 0.2) is 18.2 Å². The van der Waals surface area contributed by atoms with Crippen LogP contribution in [-0.4, -0.2) is 73.6 Å². The lowest BCUT2D eigenvalue weighted by Crippen LogP contribution is -2.56. The molecule has 9 heteroatoms. The van der Waals surface area contributed by atoms with Crippen LogP contribution >= 0.6 is 24.0 Å². The first-order valence-corrected chi connectivity index (χ1v) is 8.29. The molecule has 0 aliphatic carbocycles. The van der Waals surface area contributed by atoms with E-state index < -0.39 is 11.9 Å². The number of ether oxygens (including phenoxy) is 1. The molecular weight excluding hydrogens is 372 g/mol. The van der Waals surface area contributed by atoms with Gasteiger partial charge in [0.25, 0.3) is 11.8 Å². The van der Waals surface area contributed by atoms with E-state index in [4.69, 9.17) is 16.3 Å². The maximum absolute atomic E-state index is 13.9. The molecule has 2 saturated heterocycles. The summed E-state index contributed by atoms with van der Waals surface area (Å²) < 4.78 is 19.4. The summed E-state index contributed by atoms with van der Waals surface area (Å²) in [7, 11) is 0. The number of morpholine rings is 1. The predicted molar refractivity (Wildman–Crippen MR) is 93.8 cm³/mol. The van der Waals surface area contributed by atoms with Crippen LogP contribution in [0.5, 0.6) is 0 Å². The van der Waals surface area contributed by atoms with Crippen molar-refractivity contribution < 1.29 is 18.7 Å². The molecule has 2 heterocycles. The molecule has 3 rings (SSSR count). The zero-order valence-electron chi connectivity index (χ0n) is 13.5. The fraction of sp³-hybridized carbons (Fsp3) is 0.500. The summed E-state index contributed by atoms with van der Waals surface area (Å²) in [4.78, 5) is 28.0. The lowest BCUT2D eigenvalue weighted by atomic mass is 10.1. The Morgan fingerprint density at radius 2 is 1.88 bits per heavy atom. The van der Waals surface area contributed by atoms with Crippen molar-refractivity contribution in [2.24, 2.45) is 0 Å². The van der Waals surface area contributed by atoms with E-state index in [1.54, 1.807) is 9.80 Å². The van der Waals surface area contributed by atoms with Gasteiger partial charge in [-0.3, -0.25) is 9.59 Å². The van der Waals surface area contributed by atoms with Gasteiger partial charge in [0.2, 0.25) is 0 Å². The summed E-state index contributed by atoms with van der Waals surface area (Å²) in [5, 5.41) is 3.38. The number of nitrogens with zero attached hydrogens (tertiary/aromatic N) is 2. The SMILES string of the molecule is Cl.O=C(c1ccc(Cl)cc1F)N1CCN(C(=O)C2CNCCO2)CC1. The Bertz CT molecular complexity index is 633. The highest BCUT2D eigenvalue weighted by atomic mass is 35.5. The Labute approximate surface area is 156 Å². The Morgan fingerprint density at radius 3 is 2.48 bits per heavy atom. The number of benzene rings is 1. The van der Waals surface area contributed by atoms with E-state index in [1.165, 1.54) is 12.1 Å². The van der Waals surface area contributed by atoms with Crippen molar-refractivity contribution in [1.82, 2.24) is 15.1 Å². The molecule has 2 aliphatic rings. The highest BCUT2D eigenvalue weighted by molar-refractivity contribution is 6.30. The van der Waals surface area contributed by atoms with Gasteiger partial charge < -0.3 is 19.9 Å². The Balaban J connectivity index is 0.00000225. The summed E-state index contributed by atoms with van der Waals surface area (Å²) in [5.41, 5.74) is -0.000935. The normalized spacial score (nSPS) is 20.8. The summed E-state index contributed by atoms with van der Waals surface area (Å²) in [6.07, 6.45) is -0.463. The van der Waals surface area contributed by atoms with Crippen LogP contribution in [0, 0.1) is 5.82 Å². The molecule has 1 unspecified atom stereocenters. The third-order valence-corrected chi connectivity index (χ3v) is 4.48. The van der Waals surface area contributed by atoms with Gasteiger partial charge in [0.05, 0.1) is 12.2 Å². The monoisotopic (exact) mass is 391 g/mol. The molecule has 0 radical (unpaired) electrons. The van der Waals surface area contributed by atoms with Gasteiger partial charge in [-0.25, -0.2) is 4.39 Å². The molecule has 1 atom stereocenters. The lowest BCUT2D eigenvalue weighted by molar-refractivity contribution is -0.146. The molecule has 2 fully saturated rings. The van der Waals surface area contributed by atoms with Gasteiger partial charge in [0.1, 0.15) is 11.9 Å². The molecule has 6 nitrogen and oxygen atoms in total. The molecule has 0 aromatic heterocycles. The van der Waals surface area contributed by atoms with Crippen LogP contribution in [-0.2, 0) is 9.53 Å². The zero-order valence-corrected chi connectivity index (χ0v) is 15.1. The van der Waals surface area contributed by atoms with E-state index in [-0.39, 0.29) is 34.8 Å². The molecule has 25 heavy (non-hydrogen) atoms. The average Bonchev–Trinajstić information content (AvgIpc) is 2.61. The van der Waals surface area contributed by atoms with Crippen molar-refractivity contribution in [3.63, 3.8) is 0 Å². The molecule has 0 spiro atoms. The molecule has 138 valence electrons. The second kappa shape index (κ2) is 8.80. The Hall–Kier alpha value is -1.41. The number of carbonyl (C=O) groups is 2. The number of hydrogen-bond donors (Lipinski definition) is 1. The zero-order chi connectivity index (χ0) is 17.1. The number of nitrogens with one attached hydrogen (secondary N) is 1. The lowest BCUT2D eigenvalue weighted by Gasteiger charge is -2.37. The summed E-state index contributed by atoms with van der Waals surface area (Å²) in [5.74, 6) is -1.08. The smallest absolute Gasteiger partial charge is 0.256 e. The number of carbonyl (C=O) groups excluding carboxylic acids is 2. The van der Waals surface area contributed by atoms with Crippen LogP contribution < -0.4 is 5.32 Å². The number of rotatable bonds is 2. The second-order valence-electron chi connectivity index (χ2n) is 5.81. The van der Waals surface area contributed by atoms with E-state index in [0.29, 0.717) is 39.3 Å². The van der Waals surface area contributed by atoms with Gasteiger partial charge in [-0.2, -0.15) is 0 Å². The van der Waals surface area contributed by atoms with E-state index in [1.807, 2.05) is 0 Å². The first-order valence-electron chi connectivity index (χ1n) is 7.91. The predicted octanol–water partition coefficient (Wildman–Crippen LogP) is 1.17. The maximum atomic E-state index is 13.9. The van der Waals surface area contributed by atoms with Crippen molar-refractivity contribution >= 4 is 35.8 Å². The Kier molecular flexibility index (Phi) is 7.01. The van der Waals surface area contributed by atoms with E-state index in [9.17, 15) is 14.0 Å². The number of piperazine rings is 1. The fourth-order valence-electron chi connectivity index (χ4n) is 2.89. The standard InChI is InChI=1S/C16H19ClFN3O3.ClH/c17-11-1-2-12(13(18)9-11)15(22)20-4-6-21(7-5-20)16(23)14-10-19-3-8-24-14;/h1-2,9,14,19H,3-8,10H2;1H. The van der Waals surface area contributed by atoms with Crippen LogP contribution in [0.25, 0.3) is 0 Å². The summed E-state index contributed by atoms with van der Waals surface area (Å²) >= 11 is 5.71. The van der Waals surface area contributed by atoms with Crippen LogP contribution in [0.1, 0.15) is 10.4 Å². The molecule has 1 N–H and O–H groups in total. The number of halogens is 3. The molecular formula is C16H20Cl2FN3O3. The molecule has 2 amide bonds. The summed E-state index contributed by atoms with van der Waals surface area (Å²) in [6.45, 7) is 3.34. The molecule has 2 aliphatic heterocycles. The first kappa shape index (κ1) is 19.9. The highest BCUT2D eigenvalue weighted by Crippen LogP contribution is 2.17. The highest BCUT2D eigenvalue weighted by Gasteiger charge is 2.31. The minimum absolute atomic E-state index is 0. The largest absolute Gasteiger partial charge is 0.366 e. The van der Waals surface area contributed by atoms with Crippen molar-refractivity contribution in [2.75, 3.05) is 45.9 Å². The molecule has 0 saturated carbocycles. The third-order valence-electron chi connectivity index (χ3n) is 4.24. The first-order chi connectivity index (χ1) is 11.6. The van der Waals surface area contributed by atoms with Gasteiger partial charge in [-0.05, 0) is 18.2 Å². The van der Waals surface area contributed by atoms with E-state index in [0.717, 1.165) is 12.6 Å². The molecule has 1 aromatic carbocycles. The quantitative estimate of drug-likeness (QED) is 0.821. The van der Waals surface area contributed by atoms with Crippen molar-refractivity contribution in [3.8, 4) is 0 Å². The minimum atomic E-state index is -0.632. The van der Waals surface area contributed by atoms with Crippen molar-refractivity contribution in [3.05, 3.63) is 34.6 Å². The van der Waals surface area contributed by atoms with Crippen LogP contribution in [0.2, 0.25) is 5.02 Å². The summed E-state index contributed by atoms with van der Waals surface area (Å²) in [6, 6.07) is 4.01. The Morgan fingerprint density at radius 1 is 1.20 bits per heavy atom. The maximum Gasteiger partial charge on any atom is 0.256 e. The van der Waals surface area contributed by atoms with Crippen LogP contribution in [0.3, 0.4) is 0 Å². The number of amides is 2. The van der Waals surface area contributed by atoms with Gasteiger partial charge in [0, 0.05) is 44.3 Å². The molecule has 0 bridgehead atoms. The third kappa shape index (κ3) is 4.61. The van der Waals surface area contributed by atoms with Gasteiger partial charge in [-0.1, -0.05) is 11.6 Å².